The first kappa shape index (κ1) is 17.5. The number of benzene rings is 2. The van der Waals surface area contributed by atoms with Crippen LogP contribution in [0.4, 0.5) is 4.39 Å². The Labute approximate surface area is 160 Å². The van der Waals surface area contributed by atoms with E-state index in [0.717, 1.165) is 16.0 Å². The third-order valence-corrected chi connectivity index (χ3v) is 5.35. The lowest BCUT2D eigenvalue weighted by molar-refractivity contribution is 0.103. The number of rotatable bonds is 4. The van der Waals surface area contributed by atoms with Gasteiger partial charge >= 0.3 is 0 Å². The molecule has 0 bridgehead atoms. The average Bonchev–Trinajstić information content (AvgIpc) is 2.70. The number of thioether (sulfide) groups is 1. The molecule has 134 valence electrons. The Balaban J connectivity index is 1.60. The zero-order chi connectivity index (χ0) is 18.6. The van der Waals surface area contributed by atoms with Crippen LogP contribution in [0.25, 0.3) is 6.08 Å². The number of carbonyl (C=O) groups excluding carboxylic acids is 1. The van der Waals surface area contributed by atoms with Gasteiger partial charge in [-0.15, -0.1) is 11.8 Å². The number of fused-ring (bicyclic) bond motifs is 1. The first-order valence-electron chi connectivity index (χ1n) is 8.49. The summed E-state index contributed by atoms with van der Waals surface area (Å²) in [6, 6.07) is 15.7. The summed E-state index contributed by atoms with van der Waals surface area (Å²) in [6.07, 6.45) is 5.31. The van der Waals surface area contributed by atoms with Crippen molar-refractivity contribution in [3.05, 3.63) is 95.1 Å². The van der Waals surface area contributed by atoms with Gasteiger partial charge in [-0.1, -0.05) is 24.3 Å². The Morgan fingerprint density at radius 2 is 2.04 bits per heavy atom. The molecule has 0 saturated carbocycles. The number of aromatic nitrogens is 1. The van der Waals surface area contributed by atoms with E-state index in [0.29, 0.717) is 29.2 Å². The molecule has 1 aromatic heterocycles. The molecule has 0 fully saturated rings. The quantitative estimate of drug-likeness (QED) is 0.588. The zero-order valence-electron chi connectivity index (χ0n) is 14.4. The second-order valence-electron chi connectivity index (χ2n) is 6.12. The van der Waals surface area contributed by atoms with Crippen LogP contribution in [0, 0.1) is 5.82 Å². The smallest absolute Gasteiger partial charge is 0.191 e. The third kappa shape index (κ3) is 3.93. The highest BCUT2D eigenvalue weighted by atomic mass is 32.2. The molecule has 0 N–H and O–H groups in total. The molecule has 3 aromatic rings. The molecule has 5 heteroatoms. The molecule has 0 spiro atoms. The lowest BCUT2D eigenvalue weighted by Gasteiger charge is -2.17. The number of hydrogen-bond acceptors (Lipinski definition) is 4. The second-order valence-corrected chi connectivity index (χ2v) is 7.13. The Hall–Kier alpha value is -2.92. The van der Waals surface area contributed by atoms with Gasteiger partial charge in [0.15, 0.2) is 5.78 Å². The van der Waals surface area contributed by atoms with Gasteiger partial charge in [0.05, 0.1) is 0 Å². The van der Waals surface area contributed by atoms with Crippen molar-refractivity contribution < 1.29 is 13.9 Å². The molecule has 3 nitrogen and oxygen atoms in total. The van der Waals surface area contributed by atoms with E-state index in [9.17, 15) is 9.18 Å². The number of ether oxygens (including phenoxy) is 1. The summed E-state index contributed by atoms with van der Waals surface area (Å²) in [4.78, 5) is 17.7. The Bertz CT molecular complexity index is 1020. The summed E-state index contributed by atoms with van der Waals surface area (Å²) in [5.41, 5.74) is 2.85. The fourth-order valence-corrected chi connectivity index (χ4v) is 3.87. The molecule has 0 aliphatic carbocycles. The number of carbonyl (C=O) groups is 1. The normalized spacial score (nSPS) is 14.9. The van der Waals surface area contributed by atoms with Crippen LogP contribution in [0.5, 0.6) is 5.75 Å². The maximum atomic E-state index is 13.5. The van der Waals surface area contributed by atoms with Gasteiger partial charge in [-0.3, -0.25) is 9.78 Å². The second kappa shape index (κ2) is 7.76. The van der Waals surface area contributed by atoms with Gasteiger partial charge in [0.1, 0.15) is 18.2 Å². The molecular weight excluding hydrogens is 361 g/mol. The third-order valence-electron chi connectivity index (χ3n) is 4.23. The molecule has 0 radical (unpaired) electrons. The number of hydrogen-bond donors (Lipinski definition) is 0. The molecule has 1 aliphatic heterocycles. The van der Waals surface area contributed by atoms with Gasteiger partial charge in [0, 0.05) is 45.3 Å². The van der Waals surface area contributed by atoms with E-state index in [2.05, 4.69) is 4.98 Å². The van der Waals surface area contributed by atoms with E-state index in [4.69, 9.17) is 4.74 Å². The van der Waals surface area contributed by atoms with Gasteiger partial charge in [0.25, 0.3) is 0 Å². The molecule has 0 amide bonds. The summed E-state index contributed by atoms with van der Waals surface area (Å²) in [7, 11) is 0. The van der Waals surface area contributed by atoms with Crippen LogP contribution in [0.1, 0.15) is 21.5 Å². The lowest BCUT2D eigenvalue weighted by atomic mass is 10.0. The van der Waals surface area contributed by atoms with Crippen LogP contribution in [-0.2, 0) is 6.61 Å². The van der Waals surface area contributed by atoms with Crippen molar-refractivity contribution >= 4 is 23.6 Å². The summed E-state index contributed by atoms with van der Waals surface area (Å²) in [5, 5.41) is 0. The summed E-state index contributed by atoms with van der Waals surface area (Å²) in [5.74, 6) is 0.708. The first-order chi connectivity index (χ1) is 13.2. The highest BCUT2D eigenvalue weighted by Gasteiger charge is 2.23. The molecule has 2 aromatic carbocycles. The van der Waals surface area contributed by atoms with Crippen molar-refractivity contribution in [3.8, 4) is 5.75 Å². The van der Waals surface area contributed by atoms with Gasteiger partial charge in [-0.2, -0.15) is 0 Å². The minimum absolute atomic E-state index is 0.134. The summed E-state index contributed by atoms with van der Waals surface area (Å²) < 4.78 is 19.5. The topological polar surface area (TPSA) is 39.2 Å². The van der Waals surface area contributed by atoms with Gasteiger partial charge in [-0.05, 0) is 36.4 Å². The maximum absolute atomic E-state index is 13.5. The van der Waals surface area contributed by atoms with Crippen molar-refractivity contribution in [2.45, 2.75) is 11.5 Å². The number of para-hydroxylation sites is 1. The van der Waals surface area contributed by atoms with Crippen LogP contribution < -0.4 is 4.74 Å². The predicted octanol–water partition coefficient (Wildman–Crippen LogP) is 5.17. The van der Waals surface area contributed by atoms with E-state index < -0.39 is 5.82 Å². The number of pyridine rings is 1. The predicted molar refractivity (Wildman–Crippen MR) is 104 cm³/mol. The van der Waals surface area contributed by atoms with Crippen LogP contribution in [0.3, 0.4) is 0 Å². The van der Waals surface area contributed by atoms with E-state index in [1.807, 2.05) is 42.5 Å². The van der Waals surface area contributed by atoms with E-state index >= 15 is 0 Å². The molecular formula is C22H16FNO2S. The zero-order valence-corrected chi connectivity index (χ0v) is 15.2. The van der Waals surface area contributed by atoms with Crippen molar-refractivity contribution in [1.82, 2.24) is 4.98 Å². The molecule has 4 rings (SSSR count). The van der Waals surface area contributed by atoms with Crippen molar-refractivity contribution in [1.29, 1.82) is 0 Å². The molecule has 27 heavy (non-hydrogen) atoms. The SMILES string of the molecule is O=C1C(=Cc2ccccc2OCc2cccnc2)CSc2ccc(F)cc21. The fourth-order valence-electron chi connectivity index (χ4n) is 2.87. The molecule has 0 saturated heterocycles. The van der Waals surface area contributed by atoms with E-state index in [-0.39, 0.29) is 5.78 Å². The van der Waals surface area contributed by atoms with Crippen molar-refractivity contribution in [2.75, 3.05) is 5.75 Å². The van der Waals surface area contributed by atoms with Crippen LogP contribution in [0.2, 0.25) is 0 Å². The molecule has 0 atom stereocenters. The lowest BCUT2D eigenvalue weighted by Crippen LogP contribution is -2.12. The first-order valence-corrected chi connectivity index (χ1v) is 9.47. The fraction of sp³-hybridized carbons (Fsp3) is 0.0909. The minimum Gasteiger partial charge on any atom is -0.488 e. The molecule has 2 heterocycles. The summed E-state index contributed by atoms with van der Waals surface area (Å²) >= 11 is 1.54. The average molecular weight is 377 g/mol. The Morgan fingerprint density at radius 1 is 1.15 bits per heavy atom. The Morgan fingerprint density at radius 3 is 2.89 bits per heavy atom. The standard InChI is InChI=1S/C22H16FNO2S/c23-18-7-8-21-19(11-18)22(25)17(14-27-21)10-16-5-1-2-6-20(16)26-13-15-4-3-9-24-12-15/h1-12H,13-14H2. The van der Waals surface area contributed by atoms with Gasteiger partial charge in [-0.25, -0.2) is 4.39 Å². The molecule has 0 unspecified atom stereocenters. The minimum atomic E-state index is -0.399. The monoisotopic (exact) mass is 377 g/mol. The number of halogens is 1. The number of nitrogens with zero attached hydrogens (tertiary/aromatic N) is 1. The largest absolute Gasteiger partial charge is 0.488 e. The highest BCUT2D eigenvalue weighted by Crippen LogP contribution is 2.34. The number of Topliss-reactive ketones (excluding diaryl/α,β-unsaturated/α-hetero) is 1. The summed E-state index contributed by atoms with van der Waals surface area (Å²) in [6.45, 7) is 0.394. The maximum Gasteiger partial charge on any atom is 0.191 e. The van der Waals surface area contributed by atoms with Crippen molar-refractivity contribution in [2.24, 2.45) is 0 Å². The van der Waals surface area contributed by atoms with Gasteiger partial charge < -0.3 is 4.74 Å². The van der Waals surface area contributed by atoms with E-state index in [1.165, 1.54) is 23.9 Å². The van der Waals surface area contributed by atoms with Crippen molar-refractivity contribution in [3.63, 3.8) is 0 Å². The van der Waals surface area contributed by atoms with Crippen LogP contribution in [0.15, 0.2) is 77.5 Å². The highest BCUT2D eigenvalue weighted by molar-refractivity contribution is 7.99. The molecule has 1 aliphatic rings. The Kier molecular flexibility index (Phi) is 5.03. The number of ketones is 1. The van der Waals surface area contributed by atoms with Crippen LogP contribution in [-0.4, -0.2) is 16.5 Å². The van der Waals surface area contributed by atoms with E-state index in [1.54, 1.807) is 18.5 Å². The van der Waals surface area contributed by atoms with Crippen LogP contribution >= 0.6 is 11.8 Å². The van der Waals surface area contributed by atoms with Gasteiger partial charge in [0.2, 0.25) is 0 Å².